The Morgan fingerprint density at radius 3 is 1.70 bits per heavy atom. The molecule has 0 spiro atoms. The van der Waals surface area contributed by atoms with Crippen LogP contribution in [0.2, 0.25) is 0 Å². The van der Waals surface area contributed by atoms with Crippen LogP contribution in [0.3, 0.4) is 0 Å². The van der Waals surface area contributed by atoms with Gasteiger partial charge in [-0.25, -0.2) is 0 Å². The Bertz CT molecular complexity index is 137. The molecule has 0 aromatic carbocycles. The summed E-state index contributed by atoms with van der Waals surface area (Å²) >= 11 is 0. The molecule has 1 aliphatic carbocycles. The molecule has 0 amide bonds. The first kappa shape index (κ1) is 7.84. The van der Waals surface area contributed by atoms with Crippen molar-refractivity contribution in [1.29, 1.82) is 0 Å². The van der Waals surface area contributed by atoms with E-state index in [1.54, 1.807) is 11.1 Å². The van der Waals surface area contributed by atoms with Gasteiger partial charge in [-0.3, -0.25) is 0 Å². The topological polar surface area (TPSA) is 0 Å². The molecule has 1 saturated carbocycles. The summed E-state index contributed by atoms with van der Waals surface area (Å²) in [5.74, 6) is 1.72. The van der Waals surface area contributed by atoms with Crippen LogP contribution < -0.4 is 0 Å². The minimum atomic E-state index is 0.861. The summed E-state index contributed by atoms with van der Waals surface area (Å²) in [5.41, 5.74) is 3.28. The molecule has 0 aromatic heterocycles. The van der Waals surface area contributed by atoms with Crippen molar-refractivity contribution in [3.8, 4) is 0 Å². The monoisotopic (exact) mass is 138 g/mol. The number of allylic oxidation sites excluding steroid dienone is 2. The molecule has 0 heterocycles. The Morgan fingerprint density at radius 2 is 1.50 bits per heavy atom. The van der Waals surface area contributed by atoms with Gasteiger partial charge in [-0.15, -0.1) is 0 Å². The van der Waals surface area contributed by atoms with Crippen LogP contribution in [0.4, 0.5) is 0 Å². The fourth-order valence-corrected chi connectivity index (χ4v) is 2.28. The summed E-state index contributed by atoms with van der Waals surface area (Å²) in [6.45, 7) is 9.19. The molecule has 2 atom stereocenters. The van der Waals surface area contributed by atoms with Crippen LogP contribution in [0.1, 0.15) is 40.5 Å². The minimum Gasteiger partial charge on any atom is -0.0767 e. The van der Waals surface area contributed by atoms with E-state index >= 15 is 0 Å². The predicted octanol–water partition coefficient (Wildman–Crippen LogP) is 3.39. The van der Waals surface area contributed by atoms with Gasteiger partial charge in [0, 0.05) is 0 Å². The van der Waals surface area contributed by atoms with Crippen LogP contribution in [0.5, 0.6) is 0 Å². The van der Waals surface area contributed by atoms with Gasteiger partial charge in [0.05, 0.1) is 0 Å². The maximum absolute atomic E-state index is 2.35. The average Bonchev–Trinajstić information content (AvgIpc) is 2.11. The third kappa shape index (κ3) is 1.25. The maximum Gasteiger partial charge on any atom is -0.0226 e. The maximum atomic E-state index is 2.35. The van der Waals surface area contributed by atoms with E-state index in [4.69, 9.17) is 0 Å². The predicted molar refractivity (Wildman–Crippen MR) is 45.9 cm³/mol. The second-order valence-electron chi connectivity index (χ2n) is 3.83. The average molecular weight is 138 g/mol. The van der Waals surface area contributed by atoms with E-state index in [0.717, 1.165) is 11.8 Å². The van der Waals surface area contributed by atoms with Gasteiger partial charge in [0.2, 0.25) is 0 Å². The van der Waals surface area contributed by atoms with Crippen molar-refractivity contribution in [2.24, 2.45) is 11.8 Å². The smallest absolute Gasteiger partial charge is 0.0226 e. The summed E-state index contributed by atoms with van der Waals surface area (Å²) in [6.07, 6.45) is 2.81. The molecule has 0 aromatic rings. The van der Waals surface area contributed by atoms with Crippen LogP contribution in [0.25, 0.3) is 0 Å². The van der Waals surface area contributed by atoms with Crippen LogP contribution in [0, 0.1) is 11.8 Å². The van der Waals surface area contributed by atoms with Gasteiger partial charge in [-0.2, -0.15) is 0 Å². The molecule has 0 radical (unpaired) electrons. The van der Waals surface area contributed by atoms with Crippen molar-refractivity contribution in [1.82, 2.24) is 0 Å². The standard InChI is InChI=1S/C10H18/c1-7(2)10-8(3)5-6-9(10)4/h8-9H,5-6H2,1-4H3. The molecular formula is C10H18. The number of hydrogen-bond donors (Lipinski definition) is 0. The minimum absolute atomic E-state index is 0.861. The van der Waals surface area contributed by atoms with Crippen LogP contribution in [0.15, 0.2) is 11.1 Å². The van der Waals surface area contributed by atoms with Gasteiger partial charge in [-0.1, -0.05) is 25.0 Å². The lowest BCUT2D eigenvalue weighted by Crippen LogP contribution is -1.97. The molecule has 1 fully saturated rings. The highest BCUT2D eigenvalue weighted by molar-refractivity contribution is 5.19. The first-order valence-corrected chi connectivity index (χ1v) is 4.30. The molecule has 0 bridgehead atoms. The van der Waals surface area contributed by atoms with Gasteiger partial charge in [0.25, 0.3) is 0 Å². The Morgan fingerprint density at radius 1 is 1.10 bits per heavy atom. The van der Waals surface area contributed by atoms with E-state index in [-0.39, 0.29) is 0 Å². The Labute approximate surface area is 64.3 Å². The van der Waals surface area contributed by atoms with Crippen LogP contribution in [-0.2, 0) is 0 Å². The van der Waals surface area contributed by atoms with Crippen molar-refractivity contribution in [2.45, 2.75) is 40.5 Å². The van der Waals surface area contributed by atoms with Crippen LogP contribution in [-0.4, -0.2) is 0 Å². The van der Waals surface area contributed by atoms with Gasteiger partial charge < -0.3 is 0 Å². The van der Waals surface area contributed by atoms with Gasteiger partial charge in [0.1, 0.15) is 0 Å². The lowest BCUT2D eigenvalue weighted by Gasteiger charge is -2.11. The molecule has 0 N–H and O–H groups in total. The lowest BCUT2D eigenvalue weighted by molar-refractivity contribution is 0.677. The molecule has 10 heavy (non-hydrogen) atoms. The molecule has 0 saturated heterocycles. The van der Waals surface area contributed by atoms with E-state index < -0.39 is 0 Å². The van der Waals surface area contributed by atoms with Crippen LogP contribution >= 0.6 is 0 Å². The Balaban J connectivity index is 2.82. The quantitative estimate of drug-likeness (QED) is 0.450. The normalized spacial score (nSPS) is 33.0. The van der Waals surface area contributed by atoms with Crippen molar-refractivity contribution < 1.29 is 0 Å². The van der Waals surface area contributed by atoms with E-state index in [1.165, 1.54) is 12.8 Å². The van der Waals surface area contributed by atoms with Gasteiger partial charge >= 0.3 is 0 Å². The Kier molecular flexibility index (Phi) is 2.18. The van der Waals surface area contributed by atoms with E-state index in [9.17, 15) is 0 Å². The second kappa shape index (κ2) is 2.77. The highest BCUT2D eigenvalue weighted by atomic mass is 14.3. The third-order valence-corrected chi connectivity index (χ3v) is 2.67. The number of hydrogen-bond acceptors (Lipinski definition) is 0. The van der Waals surface area contributed by atoms with Crippen molar-refractivity contribution in [3.63, 3.8) is 0 Å². The van der Waals surface area contributed by atoms with Crippen molar-refractivity contribution >= 4 is 0 Å². The second-order valence-corrected chi connectivity index (χ2v) is 3.83. The molecule has 2 unspecified atom stereocenters. The fraction of sp³-hybridized carbons (Fsp3) is 0.800. The zero-order chi connectivity index (χ0) is 7.72. The molecule has 1 rings (SSSR count). The molecule has 0 heteroatoms. The first-order valence-electron chi connectivity index (χ1n) is 4.30. The molecule has 1 aliphatic rings. The molecule has 58 valence electrons. The van der Waals surface area contributed by atoms with Gasteiger partial charge in [-0.05, 0) is 38.5 Å². The van der Waals surface area contributed by atoms with Gasteiger partial charge in [0.15, 0.2) is 0 Å². The summed E-state index contributed by atoms with van der Waals surface area (Å²) < 4.78 is 0. The van der Waals surface area contributed by atoms with Crippen molar-refractivity contribution in [3.05, 3.63) is 11.1 Å². The molecular weight excluding hydrogens is 120 g/mol. The summed E-state index contributed by atoms with van der Waals surface area (Å²) in [5, 5.41) is 0. The zero-order valence-electron chi connectivity index (χ0n) is 7.57. The fourth-order valence-electron chi connectivity index (χ4n) is 2.28. The first-order chi connectivity index (χ1) is 4.63. The third-order valence-electron chi connectivity index (χ3n) is 2.67. The van der Waals surface area contributed by atoms with E-state index in [2.05, 4.69) is 27.7 Å². The number of rotatable bonds is 0. The lowest BCUT2D eigenvalue weighted by atomic mass is 9.95. The van der Waals surface area contributed by atoms with E-state index in [0.29, 0.717) is 0 Å². The Hall–Kier alpha value is -0.260. The summed E-state index contributed by atoms with van der Waals surface area (Å²) in [6, 6.07) is 0. The summed E-state index contributed by atoms with van der Waals surface area (Å²) in [7, 11) is 0. The van der Waals surface area contributed by atoms with Crippen molar-refractivity contribution in [2.75, 3.05) is 0 Å². The largest absolute Gasteiger partial charge is 0.0767 e. The highest BCUT2D eigenvalue weighted by Crippen LogP contribution is 2.37. The molecule has 0 aliphatic heterocycles. The highest BCUT2D eigenvalue weighted by Gasteiger charge is 2.23. The zero-order valence-corrected chi connectivity index (χ0v) is 7.57. The SMILES string of the molecule is CC(C)=C1C(C)CCC1C. The van der Waals surface area contributed by atoms with E-state index in [1.807, 2.05) is 0 Å². The summed E-state index contributed by atoms with van der Waals surface area (Å²) in [4.78, 5) is 0. The molecule has 0 nitrogen and oxygen atoms in total.